The Labute approximate surface area is 287 Å². The first kappa shape index (κ1) is 34.4. The number of carbonyl (C=O) groups excluding carboxylic acids is 1. The van der Waals surface area contributed by atoms with Crippen LogP contribution in [-0.4, -0.2) is 73.0 Å². The number of benzene rings is 4. The summed E-state index contributed by atoms with van der Waals surface area (Å²) in [4.78, 5) is 19.1. The monoisotopic (exact) mass is 707 g/mol. The molecule has 2 aliphatic heterocycles. The van der Waals surface area contributed by atoms with Crippen molar-refractivity contribution in [1.29, 1.82) is 5.26 Å². The molecule has 0 aliphatic carbocycles. The number of rotatable bonds is 9. The van der Waals surface area contributed by atoms with Gasteiger partial charge in [0, 0.05) is 54.7 Å². The smallest absolute Gasteiger partial charge is 0.497 e. The van der Waals surface area contributed by atoms with Crippen LogP contribution in [0.1, 0.15) is 16.7 Å². The number of likely N-dealkylation sites (N-methyl/N-ethyl adjacent to an activating group) is 1. The summed E-state index contributed by atoms with van der Waals surface area (Å²) < 4.78 is 86.1. The van der Waals surface area contributed by atoms with Crippen molar-refractivity contribution < 1.29 is 40.6 Å². The number of sulfonamides is 1. The van der Waals surface area contributed by atoms with Gasteiger partial charge in [-0.25, -0.2) is 8.42 Å². The van der Waals surface area contributed by atoms with Gasteiger partial charge in [-0.15, -0.1) is 13.2 Å². The van der Waals surface area contributed by atoms with Crippen LogP contribution in [0.2, 0.25) is 0 Å². The highest BCUT2D eigenvalue weighted by molar-refractivity contribution is 7.93. The second-order valence-electron chi connectivity index (χ2n) is 11.7. The molecule has 1 N–H and O–H groups in total. The third-order valence-electron chi connectivity index (χ3n) is 8.73. The summed E-state index contributed by atoms with van der Waals surface area (Å²) in [5.41, 5.74) is -1.74. The van der Waals surface area contributed by atoms with Crippen molar-refractivity contribution in [2.24, 2.45) is 0 Å². The van der Waals surface area contributed by atoms with Gasteiger partial charge >= 0.3 is 6.36 Å². The lowest BCUT2D eigenvalue weighted by atomic mass is 9.82. The number of halogens is 3. The first-order valence-corrected chi connectivity index (χ1v) is 16.8. The van der Waals surface area contributed by atoms with Crippen LogP contribution < -0.4 is 28.7 Å². The first-order valence-electron chi connectivity index (χ1n) is 15.4. The van der Waals surface area contributed by atoms with Crippen molar-refractivity contribution in [3.05, 3.63) is 102 Å². The number of para-hydroxylation sites is 1. The molecule has 1 atom stereocenters. The van der Waals surface area contributed by atoms with Crippen molar-refractivity contribution in [2.45, 2.75) is 16.8 Å². The minimum atomic E-state index is -5.16. The molecule has 1 unspecified atom stereocenters. The zero-order valence-electron chi connectivity index (χ0n) is 27.2. The van der Waals surface area contributed by atoms with Crippen LogP contribution in [0, 0.1) is 11.3 Å². The van der Waals surface area contributed by atoms with E-state index in [9.17, 15) is 26.9 Å². The van der Waals surface area contributed by atoms with E-state index in [0.29, 0.717) is 4.31 Å². The van der Waals surface area contributed by atoms with Gasteiger partial charge in [0.25, 0.3) is 15.9 Å². The zero-order valence-corrected chi connectivity index (χ0v) is 28.0. The molecule has 2 heterocycles. The first-order chi connectivity index (χ1) is 23.8. The number of nitrogens with one attached hydrogen (secondary N) is 1. The molecule has 0 bridgehead atoms. The van der Waals surface area contributed by atoms with Gasteiger partial charge in [0.2, 0.25) is 0 Å². The van der Waals surface area contributed by atoms with Gasteiger partial charge in [0.05, 0.1) is 31.5 Å². The second-order valence-corrected chi connectivity index (χ2v) is 13.4. The van der Waals surface area contributed by atoms with Crippen LogP contribution in [0.15, 0.2) is 89.8 Å². The van der Waals surface area contributed by atoms with E-state index in [4.69, 9.17) is 9.47 Å². The van der Waals surface area contributed by atoms with Crippen molar-refractivity contribution in [1.82, 2.24) is 4.90 Å². The molecular formula is C35H32F3N5O6S. The largest absolute Gasteiger partial charge is 0.573 e. The Morgan fingerprint density at radius 2 is 1.56 bits per heavy atom. The van der Waals surface area contributed by atoms with E-state index in [-0.39, 0.29) is 39.6 Å². The average Bonchev–Trinajstić information content (AvgIpc) is 3.35. The molecule has 1 fully saturated rings. The highest BCUT2D eigenvalue weighted by Gasteiger charge is 2.58. The van der Waals surface area contributed by atoms with Crippen molar-refractivity contribution in [3.8, 4) is 23.3 Å². The summed E-state index contributed by atoms with van der Waals surface area (Å²) in [5, 5.41) is 13.0. The molecule has 1 amide bonds. The number of hydrogen-bond acceptors (Lipinski definition) is 10. The number of alkyl halides is 3. The minimum Gasteiger partial charge on any atom is -0.497 e. The summed E-state index contributed by atoms with van der Waals surface area (Å²) in [7, 11) is -0.165. The van der Waals surface area contributed by atoms with E-state index in [0.717, 1.165) is 37.9 Å². The Morgan fingerprint density at radius 1 is 0.860 bits per heavy atom. The van der Waals surface area contributed by atoms with Crippen LogP contribution in [-0.2, 0) is 20.4 Å². The van der Waals surface area contributed by atoms with Gasteiger partial charge in [-0.05, 0) is 67.7 Å². The summed E-state index contributed by atoms with van der Waals surface area (Å²) in [6.07, 6.45) is -5.16. The SMILES string of the molecule is COc1ccc(S(=O)(=O)N2C(=O)C(Nc3ccc(N4CCN(C)CC4)cc3)(c3ccccc3OC(F)(F)F)c3cc(C#N)ccc32)c(OC)c1. The fraction of sp³-hybridized carbons (Fsp3) is 0.257. The fourth-order valence-electron chi connectivity index (χ4n) is 6.26. The molecule has 11 nitrogen and oxygen atoms in total. The lowest BCUT2D eigenvalue weighted by molar-refractivity contribution is -0.275. The lowest BCUT2D eigenvalue weighted by Crippen LogP contribution is -2.49. The molecule has 15 heteroatoms. The molecule has 0 radical (unpaired) electrons. The topological polar surface area (TPSA) is 124 Å². The van der Waals surface area contributed by atoms with Crippen molar-refractivity contribution >= 4 is 33.0 Å². The highest BCUT2D eigenvalue weighted by atomic mass is 32.2. The van der Waals surface area contributed by atoms with E-state index < -0.39 is 38.5 Å². The van der Waals surface area contributed by atoms with E-state index in [1.54, 1.807) is 12.1 Å². The molecular weight excluding hydrogens is 675 g/mol. The number of methoxy groups -OCH3 is 2. The molecule has 4 aromatic rings. The van der Waals surface area contributed by atoms with E-state index in [1.165, 1.54) is 68.8 Å². The Kier molecular flexibility index (Phi) is 9.02. The van der Waals surface area contributed by atoms with Gasteiger partial charge in [-0.3, -0.25) is 4.79 Å². The molecule has 0 aromatic heterocycles. The maximum Gasteiger partial charge on any atom is 0.573 e. The predicted molar refractivity (Wildman–Crippen MR) is 179 cm³/mol. The van der Waals surface area contributed by atoms with E-state index >= 15 is 4.79 Å². The summed E-state index contributed by atoms with van der Waals surface area (Å²) in [5.74, 6) is -1.77. The molecule has 0 spiro atoms. The van der Waals surface area contributed by atoms with Gasteiger partial charge in [-0.2, -0.15) is 9.57 Å². The second kappa shape index (κ2) is 13.1. The fourth-order valence-corrected chi connectivity index (χ4v) is 7.87. The summed E-state index contributed by atoms with van der Waals surface area (Å²) in [6.45, 7) is 3.27. The number of amides is 1. The Bertz CT molecular complexity index is 2080. The normalized spacial score (nSPS) is 18.0. The van der Waals surface area contributed by atoms with Gasteiger partial charge < -0.3 is 29.3 Å². The minimum absolute atomic E-state index is 0.0311. The number of fused-ring (bicyclic) bond motifs is 1. The summed E-state index contributed by atoms with van der Waals surface area (Å²) >= 11 is 0. The number of nitrogens with zero attached hydrogens (tertiary/aromatic N) is 4. The molecule has 4 aromatic carbocycles. The quantitative estimate of drug-likeness (QED) is 0.245. The van der Waals surface area contributed by atoms with Crippen molar-refractivity contribution in [2.75, 3.05) is 62.0 Å². The molecule has 2 aliphatic rings. The number of ether oxygens (including phenoxy) is 3. The molecule has 50 heavy (non-hydrogen) atoms. The van der Waals surface area contributed by atoms with Gasteiger partial charge in [-0.1, -0.05) is 18.2 Å². The molecule has 6 rings (SSSR count). The predicted octanol–water partition coefficient (Wildman–Crippen LogP) is 5.32. The van der Waals surface area contributed by atoms with Crippen LogP contribution in [0.25, 0.3) is 0 Å². The van der Waals surface area contributed by atoms with E-state index in [2.05, 4.69) is 19.9 Å². The molecule has 260 valence electrons. The Hall–Kier alpha value is -5.46. The maximum atomic E-state index is 15.1. The zero-order chi connectivity index (χ0) is 35.8. The van der Waals surface area contributed by atoms with Crippen LogP contribution in [0.3, 0.4) is 0 Å². The number of anilines is 3. The van der Waals surface area contributed by atoms with Crippen molar-refractivity contribution in [3.63, 3.8) is 0 Å². The standard InChI is InChI=1S/C35H32F3N5O6S/c1-41-16-18-42(19-17-41)25-11-9-24(10-12-25)40-34(27-6-4-5-7-30(27)49-35(36,37)38)28-20-23(22-39)8-14-29(28)43(33(34)44)50(45,46)32-15-13-26(47-2)21-31(32)48-3/h4-15,20-21,40H,16-19H2,1-3H3. The maximum absolute atomic E-state index is 15.1. The van der Waals surface area contributed by atoms with Gasteiger partial charge in [0.1, 0.15) is 22.1 Å². The number of piperazine rings is 1. The number of hydrogen-bond donors (Lipinski definition) is 1. The Balaban J connectivity index is 1.57. The lowest BCUT2D eigenvalue weighted by Gasteiger charge is -2.35. The third kappa shape index (κ3) is 6.12. The summed E-state index contributed by atoms with van der Waals surface area (Å²) in [6, 6.07) is 21.7. The Morgan fingerprint density at radius 3 is 2.20 bits per heavy atom. The van der Waals surface area contributed by atoms with E-state index in [1.807, 2.05) is 25.2 Å². The third-order valence-corrected chi connectivity index (χ3v) is 10.5. The number of nitriles is 1. The van der Waals surface area contributed by atoms with Gasteiger partial charge in [0.15, 0.2) is 5.54 Å². The molecule has 0 saturated carbocycles. The van der Waals surface area contributed by atoms with Crippen LogP contribution in [0.4, 0.5) is 30.2 Å². The van der Waals surface area contributed by atoms with Crippen LogP contribution >= 0.6 is 0 Å². The molecule has 1 saturated heterocycles. The van der Waals surface area contributed by atoms with Crippen LogP contribution in [0.5, 0.6) is 17.2 Å². The number of carbonyl (C=O) groups is 1. The average molecular weight is 708 g/mol. The highest BCUT2D eigenvalue weighted by Crippen LogP contribution is 2.52.